The summed E-state index contributed by atoms with van der Waals surface area (Å²) in [5.74, 6) is 1.05. The number of carbonyl (C=O) groups excluding carboxylic acids is 1. The Morgan fingerprint density at radius 3 is 2.84 bits per heavy atom. The van der Waals surface area contributed by atoms with E-state index in [1.807, 2.05) is 19.1 Å². The Kier molecular flexibility index (Phi) is 3.63. The van der Waals surface area contributed by atoms with Gasteiger partial charge in [-0.05, 0) is 43.0 Å². The van der Waals surface area contributed by atoms with Gasteiger partial charge in [0.1, 0.15) is 5.69 Å². The molecule has 25 heavy (non-hydrogen) atoms. The summed E-state index contributed by atoms with van der Waals surface area (Å²) in [6.07, 6.45) is 1.79. The first kappa shape index (κ1) is 15.6. The van der Waals surface area contributed by atoms with Crippen LogP contribution in [0.25, 0.3) is 11.4 Å². The number of nitrogens with one attached hydrogen (secondary N) is 1. The standard InChI is InChI=1S/C18H19N5O2/c1-10-8-16(23(3)21-10)18(24)20-15-7-5-12-9-13(4-6-14(12)15)17-19-11(2)25-22-17/h4,6,8-9,15H,5,7H2,1-3H3,(H,20,24)/t15-/m1/s1. The first-order chi connectivity index (χ1) is 12.0. The van der Waals surface area contributed by atoms with Gasteiger partial charge in [-0.15, -0.1) is 0 Å². The van der Waals surface area contributed by atoms with Crippen LogP contribution < -0.4 is 5.32 Å². The van der Waals surface area contributed by atoms with Crippen molar-refractivity contribution >= 4 is 5.91 Å². The zero-order valence-corrected chi connectivity index (χ0v) is 14.4. The Balaban J connectivity index is 1.56. The Labute approximate surface area is 145 Å². The molecule has 7 nitrogen and oxygen atoms in total. The molecular formula is C18H19N5O2. The van der Waals surface area contributed by atoms with Crippen LogP contribution in [0, 0.1) is 13.8 Å². The van der Waals surface area contributed by atoms with Crippen LogP contribution in [-0.2, 0) is 13.5 Å². The fourth-order valence-corrected chi connectivity index (χ4v) is 3.38. The summed E-state index contributed by atoms with van der Waals surface area (Å²) < 4.78 is 6.66. The zero-order valence-electron chi connectivity index (χ0n) is 14.4. The van der Waals surface area contributed by atoms with E-state index in [9.17, 15) is 4.79 Å². The molecule has 7 heteroatoms. The lowest BCUT2D eigenvalue weighted by atomic mass is 10.0. The van der Waals surface area contributed by atoms with Crippen molar-refractivity contribution < 1.29 is 9.32 Å². The van der Waals surface area contributed by atoms with Gasteiger partial charge in [-0.2, -0.15) is 10.1 Å². The predicted molar refractivity (Wildman–Crippen MR) is 90.9 cm³/mol. The lowest BCUT2D eigenvalue weighted by Crippen LogP contribution is -2.28. The Morgan fingerprint density at radius 2 is 2.16 bits per heavy atom. The van der Waals surface area contributed by atoms with E-state index in [1.165, 1.54) is 5.56 Å². The molecule has 4 rings (SSSR count). The molecular weight excluding hydrogens is 318 g/mol. The topological polar surface area (TPSA) is 85.8 Å². The second kappa shape index (κ2) is 5.84. The maximum atomic E-state index is 12.5. The molecule has 2 heterocycles. The number of hydrogen-bond donors (Lipinski definition) is 1. The minimum absolute atomic E-state index is 0.0127. The minimum atomic E-state index is -0.0983. The number of rotatable bonds is 3. The van der Waals surface area contributed by atoms with E-state index >= 15 is 0 Å². The maximum Gasteiger partial charge on any atom is 0.270 e. The summed E-state index contributed by atoms with van der Waals surface area (Å²) in [6.45, 7) is 3.65. The van der Waals surface area contributed by atoms with Crippen molar-refractivity contribution in [3.63, 3.8) is 0 Å². The highest BCUT2D eigenvalue weighted by Gasteiger charge is 2.26. The predicted octanol–water partition coefficient (Wildman–Crippen LogP) is 2.50. The lowest BCUT2D eigenvalue weighted by molar-refractivity contribution is 0.0927. The van der Waals surface area contributed by atoms with Gasteiger partial charge < -0.3 is 9.84 Å². The molecule has 1 aliphatic rings. The average Bonchev–Trinajstić information content (AvgIpc) is 3.26. The number of amides is 1. The molecule has 0 bridgehead atoms. The molecule has 0 spiro atoms. The monoisotopic (exact) mass is 337 g/mol. The van der Waals surface area contributed by atoms with Gasteiger partial charge in [-0.1, -0.05) is 17.3 Å². The average molecular weight is 337 g/mol. The van der Waals surface area contributed by atoms with Gasteiger partial charge in [0, 0.05) is 19.5 Å². The smallest absolute Gasteiger partial charge is 0.270 e. The quantitative estimate of drug-likeness (QED) is 0.793. The van der Waals surface area contributed by atoms with Gasteiger partial charge in [-0.3, -0.25) is 9.48 Å². The first-order valence-corrected chi connectivity index (χ1v) is 8.26. The molecule has 2 aromatic heterocycles. The van der Waals surface area contributed by atoms with Gasteiger partial charge in [0.05, 0.1) is 11.7 Å². The number of fused-ring (bicyclic) bond motifs is 1. The number of benzene rings is 1. The van der Waals surface area contributed by atoms with E-state index < -0.39 is 0 Å². The van der Waals surface area contributed by atoms with E-state index in [0.29, 0.717) is 17.4 Å². The minimum Gasteiger partial charge on any atom is -0.344 e. The number of aryl methyl sites for hydroxylation is 4. The first-order valence-electron chi connectivity index (χ1n) is 8.26. The second-order valence-electron chi connectivity index (χ2n) is 6.41. The van der Waals surface area contributed by atoms with Crippen LogP contribution in [-0.4, -0.2) is 25.8 Å². The molecule has 128 valence electrons. The van der Waals surface area contributed by atoms with Crippen molar-refractivity contribution in [2.24, 2.45) is 7.05 Å². The number of hydrogen-bond acceptors (Lipinski definition) is 5. The fourth-order valence-electron chi connectivity index (χ4n) is 3.38. The third kappa shape index (κ3) is 2.82. The third-order valence-corrected chi connectivity index (χ3v) is 4.55. The van der Waals surface area contributed by atoms with E-state index in [4.69, 9.17) is 4.52 Å². The molecule has 0 fully saturated rings. The van der Waals surface area contributed by atoms with Gasteiger partial charge >= 0.3 is 0 Å². The number of nitrogens with zero attached hydrogens (tertiary/aromatic N) is 4. The highest BCUT2D eigenvalue weighted by atomic mass is 16.5. The van der Waals surface area contributed by atoms with Crippen molar-refractivity contribution in [3.05, 3.63) is 52.7 Å². The van der Waals surface area contributed by atoms with Crippen LogP contribution >= 0.6 is 0 Å². The van der Waals surface area contributed by atoms with Gasteiger partial charge in [0.15, 0.2) is 0 Å². The molecule has 0 saturated heterocycles. The van der Waals surface area contributed by atoms with Crippen LogP contribution in [0.1, 0.15) is 45.7 Å². The maximum absolute atomic E-state index is 12.5. The summed E-state index contributed by atoms with van der Waals surface area (Å²) in [7, 11) is 1.78. The number of aromatic nitrogens is 4. The summed E-state index contributed by atoms with van der Waals surface area (Å²) in [5.41, 5.74) is 4.71. The van der Waals surface area contributed by atoms with Crippen LogP contribution in [0.2, 0.25) is 0 Å². The van der Waals surface area contributed by atoms with Gasteiger partial charge in [-0.25, -0.2) is 0 Å². The van der Waals surface area contributed by atoms with Crippen LogP contribution in [0.3, 0.4) is 0 Å². The van der Waals surface area contributed by atoms with Crippen molar-refractivity contribution in [1.29, 1.82) is 0 Å². The summed E-state index contributed by atoms with van der Waals surface area (Å²) >= 11 is 0. The second-order valence-corrected chi connectivity index (χ2v) is 6.41. The van der Waals surface area contributed by atoms with E-state index in [-0.39, 0.29) is 11.9 Å². The van der Waals surface area contributed by atoms with E-state index in [1.54, 1.807) is 24.7 Å². The van der Waals surface area contributed by atoms with Crippen molar-refractivity contribution in [3.8, 4) is 11.4 Å². The molecule has 1 aromatic carbocycles. The largest absolute Gasteiger partial charge is 0.344 e. The van der Waals surface area contributed by atoms with Crippen molar-refractivity contribution in [2.45, 2.75) is 32.7 Å². The van der Waals surface area contributed by atoms with Crippen LogP contribution in [0.4, 0.5) is 0 Å². The normalized spacial score (nSPS) is 16.0. The zero-order chi connectivity index (χ0) is 17.6. The Hall–Kier alpha value is -2.96. The molecule has 1 atom stereocenters. The third-order valence-electron chi connectivity index (χ3n) is 4.55. The highest BCUT2D eigenvalue weighted by Crippen LogP contribution is 2.33. The van der Waals surface area contributed by atoms with E-state index in [2.05, 4.69) is 26.6 Å². The summed E-state index contributed by atoms with van der Waals surface area (Å²) in [5, 5.41) is 11.3. The van der Waals surface area contributed by atoms with Crippen LogP contribution in [0.5, 0.6) is 0 Å². The molecule has 0 aliphatic heterocycles. The molecule has 1 N–H and O–H groups in total. The van der Waals surface area contributed by atoms with Crippen molar-refractivity contribution in [1.82, 2.24) is 25.2 Å². The Morgan fingerprint density at radius 1 is 1.32 bits per heavy atom. The number of carbonyl (C=O) groups is 1. The Bertz CT molecular complexity index is 956. The SMILES string of the molecule is Cc1cc(C(=O)N[C@@H]2CCc3cc(-c4noc(C)n4)ccc32)n(C)n1. The van der Waals surface area contributed by atoms with Gasteiger partial charge in [0.25, 0.3) is 5.91 Å². The highest BCUT2D eigenvalue weighted by molar-refractivity contribution is 5.93. The van der Waals surface area contributed by atoms with E-state index in [0.717, 1.165) is 29.7 Å². The molecule has 0 saturated carbocycles. The molecule has 0 radical (unpaired) electrons. The van der Waals surface area contributed by atoms with Crippen LogP contribution in [0.15, 0.2) is 28.8 Å². The fraction of sp³-hybridized carbons (Fsp3) is 0.333. The molecule has 1 aliphatic carbocycles. The summed E-state index contributed by atoms with van der Waals surface area (Å²) in [4.78, 5) is 16.8. The van der Waals surface area contributed by atoms with Gasteiger partial charge in [0.2, 0.25) is 11.7 Å². The molecule has 0 unspecified atom stereocenters. The molecule has 1 amide bonds. The summed E-state index contributed by atoms with van der Waals surface area (Å²) in [6, 6.07) is 7.91. The van der Waals surface area contributed by atoms with Crippen molar-refractivity contribution in [2.75, 3.05) is 0 Å². The lowest BCUT2D eigenvalue weighted by Gasteiger charge is -2.14. The molecule has 3 aromatic rings.